The van der Waals surface area contributed by atoms with Crippen LogP contribution in [0.2, 0.25) is 0 Å². The lowest BCUT2D eigenvalue weighted by atomic mass is 9.92. The minimum absolute atomic E-state index is 0.326. The van der Waals surface area contributed by atoms with Crippen LogP contribution in [0.1, 0.15) is 41.9 Å². The van der Waals surface area contributed by atoms with E-state index in [-0.39, 0.29) is 0 Å². The molecule has 2 nitrogen and oxygen atoms in total. The Labute approximate surface area is 199 Å². The van der Waals surface area contributed by atoms with Crippen molar-refractivity contribution in [2.75, 3.05) is 0 Å². The number of hydrogen-bond acceptors (Lipinski definition) is 1. The molecule has 0 unspecified atom stereocenters. The third-order valence-corrected chi connectivity index (χ3v) is 6.86. The van der Waals surface area contributed by atoms with E-state index in [4.69, 9.17) is 9.90 Å². The summed E-state index contributed by atoms with van der Waals surface area (Å²) in [5.41, 5.74) is 5.03. The van der Waals surface area contributed by atoms with Gasteiger partial charge in [0.25, 0.3) is 0 Å². The van der Waals surface area contributed by atoms with E-state index < -0.39 is 12.7 Å². The Kier molecular flexibility index (Phi) is 3.49. The highest BCUT2D eigenvalue weighted by molar-refractivity contribution is 6.21. The van der Waals surface area contributed by atoms with Gasteiger partial charge >= 0.3 is 0 Å². The van der Waals surface area contributed by atoms with Gasteiger partial charge in [0.15, 0.2) is 6.20 Å². The molecule has 0 saturated carbocycles. The molecule has 0 amide bonds. The molecule has 0 spiro atoms. The molecular weight excluding hydrogens is 402 g/mol. The highest BCUT2D eigenvalue weighted by atomic mass is 16.3. The van der Waals surface area contributed by atoms with Gasteiger partial charge in [-0.2, -0.15) is 0 Å². The van der Waals surface area contributed by atoms with E-state index in [1.165, 1.54) is 0 Å². The monoisotopic (exact) mass is 434 g/mol. The van der Waals surface area contributed by atoms with Crippen LogP contribution in [0.3, 0.4) is 0 Å². The zero-order valence-corrected chi connectivity index (χ0v) is 19.3. The molecule has 0 saturated heterocycles. The molecular formula is C31H28NO+. The summed E-state index contributed by atoms with van der Waals surface area (Å²) in [4.78, 5) is 0. The molecule has 2 heterocycles. The first-order valence-corrected chi connectivity index (χ1v) is 11.3. The standard InChI is InChI=1S/C31H28NO/c1-18(2)22-10-12-25-23(17-22)14-15-32(5)30(25)28-20(4)19(3)16-26-29-24-9-7-6-8-21(24)11-13-27(29)33-31(26)28/h6-18H,1-5H3/q+1/i3D3,18D. The second kappa shape index (κ2) is 7.18. The molecule has 4 aromatic carbocycles. The maximum absolute atomic E-state index is 8.49. The van der Waals surface area contributed by atoms with Gasteiger partial charge in [-0.15, -0.1) is 0 Å². The Bertz CT molecular complexity index is 1870. The molecule has 0 aliphatic carbocycles. The number of aromatic nitrogens is 1. The maximum Gasteiger partial charge on any atom is 0.224 e. The number of pyridine rings is 1. The molecule has 162 valence electrons. The fraction of sp³-hybridized carbons (Fsp3) is 0.194. The average molecular weight is 435 g/mol. The summed E-state index contributed by atoms with van der Waals surface area (Å²) in [6, 6.07) is 22.1. The average Bonchev–Trinajstić information content (AvgIpc) is 3.21. The second-order valence-electron chi connectivity index (χ2n) is 9.14. The van der Waals surface area contributed by atoms with Crippen molar-refractivity contribution in [2.24, 2.45) is 7.05 Å². The van der Waals surface area contributed by atoms with Crippen molar-refractivity contribution in [3.63, 3.8) is 0 Å². The fourth-order valence-electron chi connectivity index (χ4n) is 5.05. The van der Waals surface area contributed by atoms with Crippen LogP contribution in [0.25, 0.3) is 54.7 Å². The van der Waals surface area contributed by atoms with Crippen LogP contribution in [0.4, 0.5) is 0 Å². The minimum Gasteiger partial charge on any atom is -0.455 e. The lowest BCUT2D eigenvalue weighted by molar-refractivity contribution is -0.659. The Morgan fingerprint density at radius 2 is 1.76 bits per heavy atom. The van der Waals surface area contributed by atoms with Crippen LogP contribution in [0.15, 0.2) is 77.3 Å². The first-order valence-electron chi connectivity index (χ1n) is 13.3. The number of hydrogen-bond donors (Lipinski definition) is 0. The number of nitrogens with zero attached hydrogens (tertiary/aromatic N) is 1. The van der Waals surface area contributed by atoms with Crippen LogP contribution in [0, 0.1) is 13.8 Å². The van der Waals surface area contributed by atoms with Crippen LogP contribution in [0.5, 0.6) is 0 Å². The van der Waals surface area contributed by atoms with Gasteiger partial charge in [0.1, 0.15) is 18.2 Å². The van der Waals surface area contributed by atoms with Crippen LogP contribution < -0.4 is 4.57 Å². The summed E-state index contributed by atoms with van der Waals surface area (Å²) in [6.45, 7) is 3.35. The molecule has 0 atom stereocenters. The fourth-order valence-corrected chi connectivity index (χ4v) is 5.05. The van der Waals surface area contributed by atoms with Crippen LogP contribution in [-0.2, 0) is 7.05 Å². The molecule has 0 radical (unpaired) electrons. The summed E-state index contributed by atoms with van der Waals surface area (Å²) >= 11 is 0. The summed E-state index contributed by atoms with van der Waals surface area (Å²) in [5.74, 6) is -0.726. The second-order valence-corrected chi connectivity index (χ2v) is 9.14. The van der Waals surface area contributed by atoms with Gasteiger partial charge in [-0.25, -0.2) is 4.57 Å². The zero-order chi connectivity index (χ0) is 26.3. The van der Waals surface area contributed by atoms with Gasteiger partial charge in [0.2, 0.25) is 5.69 Å². The molecule has 6 rings (SSSR count). The molecule has 2 heteroatoms. The lowest BCUT2D eigenvalue weighted by Crippen LogP contribution is -2.31. The molecule has 0 bridgehead atoms. The molecule has 0 fully saturated rings. The third kappa shape index (κ3) is 2.90. The summed E-state index contributed by atoms with van der Waals surface area (Å²) in [6.07, 6.45) is 1.99. The van der Waals surface area contributed by atoms with Gasteiger partial charge in [-0.05, 0) is 70.7 Å². The quantitative estimate of drug-likeness (QED) is 0.251. The van der Waals surface area contributed by atoms with E-state index in [9.17, 15) is 0 Å². The summed E-state index contributed by atoms with van der Waals surface area (Å²) in [7, 11) is 1.97. The third-order valence-electron chi connectivity index (χ3n) is 6.86. The van der Waals surface area contributed by atoms with E-state index in [0.717, 1.165) is 54.7 Å². The lowest BCUT2D eigenvalue weighted by Gasteiger charge is -2.12. The zero-order valence-electron chi connectivity index (χ0n) is 23.3. The van der Waals surface area contributed by atoms with Crippen molar-refractivity contribution in [2.45, 2.75) is 33.5 Å². The molecule has 33 heavy (non-hydrogen) atoms. The first-order chi connectivity index (χ1) is 17.4. The van der Waals surface area contributed by atoms with Crippen molar-refractivity contribution >= 4 is 43.5 Å². The van der Waals surface area contributed by atoms with Crippen molar-refractivity contribution in [1.82, 2.24) is 0 Å². The Morgan fingerprint density at radius 1 is 0.909 bits per heavy atom. The van der Waals surface area contributed by atoms with Gasteiger partial charge in [-0.3, -0.25) is 0 Å². The largest absolute Gasteiger partial charge is 0.455 e. The van der Waals surface area contributed by atoms with Crippen molar-refractivity contribution in [3.8, 4) is 11.3 Å². The minimum atomic E-state index is -2.28. The van der Waals surface area contributed by atoms with Crippen LogP contribution >= 0.6 is 0 Å². The van der Waals surface area contributed by atoms with Crippen LogP contribution in [-0.4, -0.2) is 0 Å². The molecule has 2 aromatic heterocycles. The maximum atomic E-state index is 8.49. The smallest absolute Gasteiger partial charge is 0.224 e. The summed E-state index contributed by atoms with van der Waals surface area (Å²) in [5, 5.41) is 5.83. The van der Waals surface area contributed by atoms with E-state index in [2.05, 4.69) is 18.2 Å². The molecule has 0 aliphatic heterocycles. The number of aryl methyl sites for hydroxylation is 2. The topological polar surface area (TPSA) is 17.0 Å². The molecule has 0 N–H and O–H groups in total. The Hall–Kier alpha value is -3.65. The molecule has 0 aliphatic rings. The predicted octanol–water partition coefficient (Wildman–Crippen LogP) is 8.12. The molecule has 6 aromatic rings. The van der Waals surface area contributed by atoms with E-state index in [0.29, 0.717) is 16.7 Å². The highest BCUT2D eigenvalue weighted by Gasteiger charge is 2.25. The van der Waals surface area contributed by atoms with E-state index >= 15 is 0 Å². The van der Waals surface area contributed by atoms with Gasteiger partial charge in [-0.1, -0.05) is 56.3 Å². The summed E-state index contributed by atoms with van der Waals surface area (Å²) < 4.78 is 42.2. The van der Waals surface area contributed by atoms with E-state index in [1.807, 2.05) is 81.0 Å². The predicted molar refractivity (Wildman–Crippen MR) is 139 cm³/mol. The van der Waals surface area contributed by atoms with Crippen molar-refractivity contribution in [1.29, 1.82) is 0 Å². The highest BCUT2D eigenvalue weighted by Crippen LogP contribution is 2.42. The number of furan rings is 1. The van der Waals surface area contributed by atoms with Crippen molar-refractivity contribution < 1.29 is 14.5 Å². The Balaban J connectivity index is 1.81. The number of benzene rings is 4. The van der Waals surface area contributed by atoms with Gasteiger partial charge in [0.05, 0.1) is 10.9 Å². The van der Waals surface area contributed by atoms with Gasteiger partial charge < -0.3 is 4.42 Å². The first kappa shape index (κ1) is 16.0. The normalized spacial score (nSPS) is 14.5. The SMILES string of the molecule is [2H]C([2H])([2H])c1cc2c(oc3ccc4ccccc4c32)c(-c2c3ccc(C([2H])(C)C)cc3cc[n+]2C)c1C. The number of rotatable bonds is 2. The van der Waals surface area contributed by atoms with Crippen molar-refractivity contribution in [3.05, 3.63) is 89.6 Å². The van der Waals surface area contributed by atoms with Gasteiger partial charge in [0, 0.05) is 22.3 Å². The van der Waals surface area contributed by atoms with E-state index in [1.54, 1.807) is 6.07 Å². The Morgan fingerprint density at radius 3 is 2.58 bits per heavy atom. The number of fused-ring (bicyclic) bond motifs is 6.